The molecule has 8 heteroatoms. The van der Waals surface area contributed by atoms with Gasteiger partial charge in [-0.15, -0.1) is 10.2 Å². The number of methoxy groups -OCH3 is 1. The fourth-order valence-corrected chi connectivity index (χ4v) is 2.87. The maximum atomic E-state index is 11.0. The Morgan fingerprint density at radius 3 is 2.86 bits per heavy atom. The second-order valence-electron chi connectivity index (χ2n) is 4.54. The molecule has 2 N–H and O–H groups in total. The number of carbonyl (C=O) groups is 1. The monoisotopic (exact) mass is 340 g/mol. The average molecular weight is 341 g/mol. The van der Waals surface area contributed by atoms with Gasteiger partial charge in [0.1, 0.15) is 0 Å². The van der Waals surface area contributed by atoms with E-state index in [9.17, 15) is 4.79 Å². The lowest BCUT2D eigenvalue weighted by Gasteiger charge is -2.10. The quantitative estimate of drug-likeness (QED) is 0.588. The lowest BCUT2D eigenvalue weighted by molar-refractivity contribution is -0.115. The molecule has 0 bridgehead atoms. The minimum Gasteiger partial charge on any atom is -0.385 e. The van der Waals surface area contributed by atoms with E-state index in [4.69, 9.17) is 22.1 Å². The van der Waals surface area contributed by atoms with Crippen molar-refractivity contribution in [3.8, 4) is 11.4 Å². The number of carbonyl (C=O) groups excluding carboxylic acids is 1. The average Bonchev–Trinajstić information content (AvgIpc) is 2.89. The van der Waals surface area contributed by atoms with Crippen LogP contribution >= 0.6 is 23.4 Å². The number of thioether (sulfide) groups is 1. The number of benzene rings is 1. The number of rotatable bonds is 8. The van der Waals surface area contributed by atoms with E-state index >= 15 is 0 Å². The molecule has 0 fully saturated rings. The molecular weight excluding hydrogens is 324 g/mol. The van der Waals surface area contributed by atoms with Crippen molar-refractivity contribution < 1.29 is 9.53 Å². The number of primary amides is 1. The van der Waals surface area contributed by atoms with E-state index in [1.807, 2.05) is 22.8 Å². The summed E-state index contributed by atoms with van der Waals surface area (Å²) >= 11 is 7.51. The predicted octanol–water partition coefficient (Wildman–Crippen LogP) is 2.21. The Morgan fingerprint density at radius 1 is 1.41 bits per heavy atom. The van der Waals surface area contributed by atoms with Crippen molar-refractivity contribution in [3.63, 3.8) is 0 Å². The standard InChI is InChI=1S/C14H17ClN4O2S/c1-21-8-4-7-19-13(10-5-2-3-6-11(10)15)17-18-14(19)22-9-12(16)20/h2-3,5-6H,4,7-9H2,1H3,(H2,16,20). The first kappa shape index (κ1) is 16.8. The molecule has 0 aliphatic rings. The summed E-state index contributed by atoms with van der Waals surface area (Å²) in [5.41, 5.74) is 6.00. The summed E-state index contributed by atoms with van der Waals surface area (Å²) in [5.74, 6) is 0.440. The van der Waals surface area contributed by atoms with Crippen LogP contribution in [0.1, 0.15) is 6.42 Å². The van der Waals surface area contributed by atoms with Gasteiger partial charge in [-0.2, -0.15) is 0 Å². The second-order valence-corrected chi connectivity index (χ2v) is 5.89. The molecule has 118 valence electrons. The molecule has 0 unspecified atom stereocenters. The number of aromatic nitrogens is 3. The Balaban J connectivity index is 2.32. The summed E-state index contributed by atoms with van der Waals surface area (Å²) in [7, 11) is 1.66. The highest BCUT2D eigenvalue weighted by atomic mass is 35.5. The van der Waals surface area contributed by atoms with Gasteiger partial charge < -0.3 is 15.0 Å². The van der Waals surface area contributed by atoms with Crippen LogP contribution in [-0.2, 0) is 16.1 Å². The topological polar surface area (TPSA) is 83.0 Å². The minimum atomic E-state index is -0.393. The number of nitrogens with two attached hydrogens (primary N) is 1. The number of halogens is 1. The predicted molar refractivity (Wildman–Crippen MR) is 86.9 cm³/mol. The van der Waals surface area contributed by atoms with Crippen LogP contribution in [-0.4, -0.2) is 40.1 Å². The molecular formula is C14H17ClN4O2S. The van der Waals surface area contributed by atoms with Crippen LogP contribution in [0, 0.1) is 0 Å². The van der Waals surface area contributed by atoms with E-state index in [1.165, 1.54) is 11.8 Å². The smallest absolute Gasteiger partial charge is 0.227 e. The first-order valence-corrected chi connectivity index (χ1v) is 8.08. The molecule has 1 amide bonds. The molecule has 0 saturated carbocycles. The highest BCUT2D eigenvalue weighted by Gasteiger charge is 2.16. The van der Waals surface area contributed by atoms with Crippen molar-refractivity contribution in [2.75, 3.05) is 19.5 Å². The van der Waals surface area contributed by atoms with Crippen molar-refractivity contribution in [2.24, 2.45) is 5.73 Å². The molecule has 0 atom stereocenters. The Labute approximate surface area is 138 Å². The highest BCUT2D eigenvalue weighted by molar-refractivity contribution is 7.99. The van der Waals surface area contributed by atoms with Gasteiger partial charge in [0.25, 0.3) is 0 Å². The van der Waals surface area contributed by atoms with Gasteiger partial charge in [-0.25, -0.2) is 0 Å². The number of hydrogen-bond donors (Lipinski definition) is 1. The third-order valence-electron chi connectivity index (χ3n) is 2.91. The van der Waals surface area contributed by atoms with Gasteiger partial charge in [0.2, 0.25) is 5.91 Å². The summed E-state index contributed by atoms with van der Waals surface area (Å²) in [6.07, 6.45) is 0.802. The number of ether oxygens (including phenoxy) is 1. The van der Waals surface area contributed by atoms with Crippen molar-refractivity contribution in [2.45, 2.75) is 18.1 Å². The molecule has 6 nitrogen and oxygen atoms in total. The molecule has 1 aromatic heterocycles. The SMILES string of the molecule is COCCCn1c(SCC(N)=O)nnc1-c1ccccc1Cl. The van der Waals surface area contributed by atoms with E-state index < -0.39 is 5.91 Å². The van der Waals surface area contributed by atoms with Crippen LogP contribution in [0.4, 0.5) is 0 Å². The molecule has 2 rings (SSSR count). The Kier molecular flexibility index (Phi) is 6.23. The van der Waals surface area contributed by atoms with E-state index in [0.29, 0.717) is 29.2 Å². The molecule has 1 aromatic carbocycles. The fourth-order valence-electron chi connectivity index (χ4n) is 1.94. The zero-order valence-corrected chi connectivity index (χ0v) is 13.7. The van der Waals surface area contributed by atoms with E-state index in [-0.39, 0.29) is 5.75 Å². The molecule has 0 aliphatic carbocycles. The maximum absolute atomic E-state index is 11.0. The molecule has 2 aromatic rings. The van der Waals surface area contributed by atoms with Gasteiger partial charge >= 0.3 is 0 Å². The van der Waals surface area contributed by atoms with Crippen LogP contribution < -0.4 is 5.73 Å². The van der Waals surface area contributed by atoms with E-state index in [2.05, 4.69) is 10.2 Å². The Bertz CT molecular complexity index is 648. The summed E-state index contributed by atoms with van der Waals surface area (Å²) in [6, 6.07) is 7.45. The van der Waals surface area contributed by atoms with E-state index in [0.717, 1.165) is 12.0 Å². The van der Waals surface area contributed by atoms with Gasteiger partial charge in [0.15, 0.2) is 11.0 Å². The molecule has 22 heavy (non-hydrogen) atoms. The number of hydrogen-bond acceptors (Lipinski definition) is 5. The lowest BCUT2D eigenvalue weighted by Crippen LogP contribution is -2.14. The highest BCUT2D eigenvalue weighted by Crippen LogP contribution is 2.29. The van der Waals surface area contributed by atoms with Gasteiger partial charge in [-0.05, 0) is 18.6 Å². The zero-order valence-electron chi connectivity index (χ0n) is 12.2. The molecule has 1 heterocycles. The van der Waals surface area contributed by atoms with Crippen LogP contribution in [0.2, 0.25) is 5.02 Å². The number of amides is 1. The first-order chi connectivity index (χ1) is 10.6. The van der Waals surface area contributed by atoms with Gasteiger partial charge in [0, 0.05) is 25.8 Å². The maximum Gasteiger partial charge on any atom is 0.227 e. The molecule has 0 radical (unpaired) electrons. The van der Waals surface area contributed by atoms with Crippen LogP contribution in [0.15, 0.2) is 29.4 Å². The summed E-state index contributed by atoms with van der Waals surface area (Å²) in [4.78, 5) is 11.0. The van der Waals surface area contributed by atoms with Crippen LogP contribution in [0.3, 0.4) is 0 Å². The van der Waals surface area contributed by atoms with E-state index in [1.54, 1.807) is 13.2 Å². The molecule has 0 spiro atoms. The second kappa shape index (κ2) is 8.17. The zero-order chi connectivity index (χ0) is 15.9. The van der Waals surface area contributed by atoms with Gasteiger partial charge in [-0.1, -0.05) is 35.5 Å². The Morgan fingerprint density at radius 2 is 2.18 bits per heavy atom. The molecule has 0 aliphatic heterocycles. The van der Waals surface area contributed by atoms with Gasteiger partial charge in [0.05, 0.1) is 10.8 Å². The van der Waals surface area contributed by atoms with Crippen molar-refractivity contribution in [1.29, 1.82) is 0 Å². The first-order valence-electron chi connectivity index (χ1n) is 6.71. The summed E-state index contributed by atoms with van der Waals surface area (Å²) in [6.45, 7) is 1.29. The number of nitrogens with zero attached hydrogens (tertiary/aromatic N) is 3. The van der Waals surface area contributed by atoms with Crippen LogP contribution in [0.25, 0.3) is 11.4 Å². The fraction of sp³-hybridized carbons (Fsp3) is 0.357. The largest absolute Gasteiger partial charge is 0.385 e. The summed E-state index contributed by atoms with van der Waals surface area (Å²) < 4.78 is 7.02. The lowest BCUT2D eigenvalue weighted by atomic mass is 10.2. The van der Waals surface area contributed by atoms with Crippen LogP contribution in [0.5, 0.6) is 0 Å². The minimum absolute atomic E-state index is 0.158. The molecule has 0 saturated heterocycles. The third kappa shape index (κ3) is 4.22. The van der Waals surface area contributed by atoms with Crippen molar-refractivity contribution >= 4 is 29.3 Å². The summed E-state index contributed by atoms with van der Waals surface area (Å²) in [5, 5.41) is 9.62. The van der Waals surface area contributed by atoms with Gasteiger partial charge in [-0.3, -0.25) is 4.79 Å². The Hall–Kier alpha value is -1.57. The van der Waals surface area contributed by atoms with Crippen molar-refractivity contribution in [1.82, 2.24) is 14.8 Å². The third-order valence-corrected chi connectivity index (χ3v) is 4.22. The van der Waals surface area contributed by atoms with Crippen molar-refractivity contribution in [3.05, 3.63) is 29.3 Å². The normalized spacial score (nSPS) is 10.8.